The van der Waals surface area contributed by atoms with Crippen LogP contribution in [0.1, 0.15) is 25.7 Å². The van der Waals surface area contributed by atoms with Crippen molar-refractivity contribution in [2.75, 3.05) is 0 Å². The quantitative estimate of drug-likeness (QED) is 0.596. The Morgan fingerprint density at radius 2 is 1.92 bits per heavy atom. The third-order valence-corrected chi connectivity index (χ3v) is 2.16. The Hall–Kier alpha value is -1.06. The highest BCUT2D eigenvalue weighted by Gasteiger charge is 2.28. The molecule has 0 aromatic carbocycles. The fourth-order valence-electron chi connectivity index (χ4n) is 1.30. The molecule has 0 aromatic rings. The summed E-state index contributed by atoms with van der Waals surface area (Å²) in [4.78, 5) is 21.3. The molecule has 0 spiro atoms. The molecule has 0 aromatic heterocycles. The third-order valence-electron chi connectivity index (χ3n) is 2.16. The molecular formula is C8H14N2O2. The van der Waals surface area contributed by atoms with Crippen LogP contribution in [0.5, 0.6) is 0 Å². The van der Waals surface area contributed by atoms with Crippen LogP contribution in [-0.2, 0) is 9.59 Å². The van der Waals surface area contributed by atoms with Crippen molar-refractivity contribution < 1.29 is 9.59 Å². The van der Waals surface area contributed by atoms with Crippen molar-refractivity contribution in [1.82, 2.24) is 0 Å². The summed E-state index contributed by atoms with van der Waals surface area (Å²) in [7, 11) is 0. The molecule has 2 amide bonds. The van der Waals surface area contributed by atoms with Crippen molar-refractivity contribution >= 4 is 11.8 Å². The van der Waals surface area contributed by atoms with E-state index < -0.39 is 11.8 Å². The van der Waals surface area contributed by atoms with Gasteiger partial charge < -0.3 is 11.5 Å². The lowest BCUT2D eigenvalue weighted by molar-refractivity contribution is -0.127. The molecule has 1 rings (SSSR count). The van der Waals surface area contributed by atoms with Crippen LogP contribution in [0, 0.1) is 11.8 Å². The van der Waals surface area contributed by atoms with Crippen molar-refractivity contribution in [3.63, 3.8) is 0 Å². The first-order valence-corrected chi connectivity index (χ1v) is 4.17. The molecular weight excluding hydrogens is 156 g/mol. The Morgan fingerprint density at radius 1 is 1.33 bits per heavy atom. The Balaban J connectivity index is 2.36. The summed E-state index contributed by atoms with van der Waals surface area (Å²) in [5.74, 6) is -0.586. The maximum atomic E-state index is 10.8. The van der Waals surface area contributed by atoms with E-state index >= 15 is 0 Å². The van der Waals surface area contributed by atoms with Gasteiger partial charge in [0.25, 0.3) is 0 Å². The first-order valence-electron chi connectivity index (χ1n) is 4.17. The minimum Gasteiger partial charge on any atom is -0.370 e. The molecule has 1 fully saturated rings. The zero-order chi connectivity index (χ0) is 9.14. The summed E-state index contributed by atoms with van der Waals surface area (Å²) < 4.78 is 0. The van der Waals surface area contributed by atoms with Crippen LogP contribution in [0.25, 0.3) is 0 Å². The molecule has 68 valence electrons. The fraction of sp³-hybridized carbons (Fsp3) is 0.750. The van der Waals surface area contributed by atoms with E-state index in [1.807, 2.05) is 0 Å². The topological polar surface area (TPSA) is 86.2 Å². The zero-order valence-corrected chi connectivity index (χ0v) is 6.95. The Morgan fingerprint density at radius 3 is 2.25 bits per heavy atom. The predicted molar refractivity (Wildman–Crippen MR) is 43.8 cm³/mol. The van der Waals surface area contributed by atoms with E-state index in [4.69, 9.17) is 11.5 Å². The molecule has 4 heteroatoms. The van der Waals surface area contributed by atoms with E-state index in [1.165, 1.54) is 0 Å². The number of carbonyl (C=O) groups excluding carboxylic acids is 2. The highest BCUT2D eigenvalue weighted by atomic mass is 16.2. The number of hydrogen-bond acceptors (Lipinski definition) is 2. The summed E-state index contributed by atoms with van der Waals surface area (Å²) in [5, 5.41) is 0. The van der Waals surface area contributed by atoms with E-state index in [0.29, 0.717) is 5.92 Å². The Labute approximate surface area is 71.3 Å². The molecule has 0 bridgehead atoms. The zero-order valence-electron chi connectivity index (χ0n) is 6.95. The molecule has 4 nitrogen and oxygen atoms in total. The van der Waals surface area contributed by atoms with Gasteiger partial charge in [0.1, 0.15) is 0 Å². The molecule has 1 aliphatic carbocycles. The first kappa shape index (κ1) is 9.03. The van der Waals surface area contributed by atoms with Crippen LogP contribution < -0.4 is 11.5 Å². The summed E-state index contributed by atoms with van der Waals surface area (Å²) in [5.41, 5.74) is 10.1. The maximum Gasteiger partial charge on any atom is 0.221 e. The minimum atomic E-state index is -0.445. The standard InChI is InChI=1S/C8H14N2O2/c9-7(11)4-6(8(10)12)3-5-1-2-5/h5-6H,1-4H2,(H2,9,11)(H2,10,12). The average Bonchev–Trinajstić information content (AvgIpc) is 2.68. The van der Waals surface area contributed by atoms with Gasteiger partial charge in [-0.15, -0.1) is 0 Å². The average molecular weight is 170 g/mol. The second-order valence-electron chi connectivity index (χ2n) is 3.45. The minimum absolute atomic E-state index is 0.103. The largest absolute Gasteiger partial charge is 0.370 e. The number of carbonyl (C=O) groups is 2. The number of amides is 2. The van der Waals surface area contributed by atoms with Gasteiger partial charge in [-0.1, -0.05) is 12.8 Å². The normalized spacial score (nSPS) is 18.7. The maximum absolute atomic E-state index is 10.8. The molecule has 0 saturated heterocycles. The molecule has 4 N–H and O–H groups in total. The van der Waals surface area contributed by atoms with Gasteiger partial charge in [-0.2, -0.15) is 0 Å². The molecule has 0 aliphatic heterocycles. The van der Waals surface area contributed by atoms with Gasteiger partial charge in [0.2, 0.25) is 11.8 Å². The molecule has 1 atom stereocenters. The van der Waals surface area contributed by atoms with Gasteiger partial charge in [0.15, 0.2) is 0 Å². The number of hydrogen-bond donors (Lipinski definition) is 2. The van der Waals surface area contributed by atoms with E-state index in [2.05, 4.69) is 0 Å². The second kappa shape index (κ2) is 3.56. The van der Waals surface area contributed by atoms with Crippen molar-refractivity contribution in [1.29, 1.82) is 0 Å². The summed E-state index contributed by atoms with van der Waals surface area (Å²) >= 11 is 0. The molecule has 1 saturated carbocycles. The summed E-state index contributed by atoms with van der Waals surface area (Å²) in [6.45, 7) is 0. The number of rotatable bonds is 5. The van der Waals surface area contributed by atoms with Crippen molar-refractivity contribution in [3.8, 4) is 0 Å². The predicted octanol–water partition coefficient (Wildman–Crippen LogP) is -0.237. The molecule has 0 heterocycles. The van der Waals surface area contributed by atoms with Crippen molar-refractivity contribution in [2.45, 2.75) is 25.7 Å². The SMILES string of the molecule is NC(=O)CC(CC1CC1)C(N)=O. The van der Waals surface area contributed by atoms with Gasteiger partial charge in [0, 0.05) is 12.3 Å². The van der Waals surface area contributed by atoms with Gasteiger partial charge in [-0.05, 0) is 12.3 Å². The lowest BCUT2D eigenvalue weighted by atomic mass is 9.97. The molecule has 0 radical (unpaired) electrons. The van der Waals surface area contributed by atoms with Crippen molar-refractivity contribution in [2.24, 2.45) is 23.3 Å². The van der Waals surface area contributed by atoms with Gasteiger partial charge >= 0.3 is 0 Å². The summed E-state index contributed by atoms with van der Waals surface area (Å²) in [6, 6.07) is 0. The number of primary amides is 2. The number of nitrogens with two attached hydrogens (primary N) is 2. The molecule has 1 aliphatic rings. The monoisotopic (exact) mass is 170 g/mol. The lowest BCUT2D eigenvalue weighted by Crippen LogP contribution is -2.28. The molecule has 1 unspecified atom stereocenters. The Kier molecular flexibility index (Phi) is 2.68. The van der Waals surface area contributed by atoms with Crippen LogP contribution in [0.4, 0.5) is 0 Å². The summed E-state index contributed by atoms with van der Waals surface area (Å²) in [6.07, 6.45) is 3.15. The van der Waals surface area contributed by atoms with E-state index in [1.54, 1.807) is 0 Å². The van der Waals surface area contributed by atoms with Crippen LogP contribution in [-0.4, -0.2) is 11.8 Å². The van der Waals surface area contributed by atoms with Crippen LogP contribution >= 0.6 is 0 Å². The second-order valence-corrected chi connectivity index (χ2v) is 3.45. The molecule has 12 heavy (non-hydrogen) atoms. The third kappa shape index (κ3) is 2.90. The highest BCUT2D eigenvalue weighted by Crippen LogP contribution is 2.35. The van der Waals surface area contributed by atoms with Gasteiger partial charge in [-0.25, -0.2) is 0 Å². The van der Waals surface area contributed by atoms with Gasteiger partial charge in [-0.3, -0.25) is 9.59 Å². The van der Waals surface area contributed by atoms with Crippen molar-refractivity contribution in [3.05, 3.63) is 0 Å². The highest BCUT2D eigenvalue weighted by molar-refractivity contribution is 5.83. The fourth-order valence-corrected chi connectivity index (χ4v) is 1.30. The van der Waals surface area contributed by atoms with Gasteiger partial charge in [0.05, 0.1) is 0 Å². The Bertz CT molecular complexity index is 199. The van der Waals surface area contributed by atoms with Crippen LogP contribution in [0.2, 0.25) is 0 Å². The van der Waals surface area contributed by atoms with Crippen LogP contribution in [0.15, 0.2) is 0 Å². The van der Waals surface area contributed by atoms with E-state index in [-0.39, 0.29) is 12.3 Å². The van der Waals surface area contributed by atoms with E-state index in [0.717, 1.165) is 19.3 Å². The lowest BCUT2D eigenvalue weighted by Gasteiger charge is -2.09. The van der Waals surface area contributed by atoms with E-state index in [9.17, 15) is 9.59 Å². The van der Waals surface area contributed by atoms with Crippen LogP contribution in [0.3, 0.4) is 0 Å². The first-order chi connectivity index (χ1) is 5.59. The smallest absolute Gasteiger partial charge is 0.221 e.